The molecule has 0 fully saturated rings. The standard InChI is InChI=1S/C9H13N3O6/c13-5-10-4-11-9(18)12-6(8(16)17)2-1-3-7(14)15/h6H,1-4H2,(H,14,15)(H,16,17)(H2,11,12,18). The molecule has 0 aromatic heterocycles. The van der Waals surface area contributed by atoms with Crippen molar-refractivity contribution in [3.05, 3.63) is 0 Å². The molecule has 0 saturated heterocycles. The number of carboxylic acid groups (broad SMARTS) is 2. The van der Waals surface area contributed by atoms with Crippen LogP contribution in [0.2, 0.25) is 0 Å². The minimum absolute atomic E-state index is 0.00793. The number of nitrogens with one attached hydrogen (secondary N) is 2. The minimum Gasteiger partial charge on any atom is -0.481 e. The quantitative estimate of drug-likeness (QED) is 0.334. The van der Waals surface area contributed by atoms with Crippen molar-refractivity contribution in [1.82, 2.24) is 10.6 Å². The van der Waals surface area contributed by atoms with Gasteiger partial charge in [-0.05, 0) is 12.8 Å². The third-order valence-corrected chi connectivity index (χ3v) is 1.87. The van der Waals surface area contributed by atoms with Crippen molar-refractivity contribution in [2.75, 3.05) is 6.67 Å². The van der Waals surface area contributed by atoms with Crippen LogP contribution in [0.25, 0.3) is 0 Å². The molecule has 0 aliphatic carbocycles. The van der Waals surface area contributed by atoms with Gasteiger partial charge in [-0.2, -0.15) is 4.99 Å². The minimum atomic E-state index is -1.27. The van der Waals surface area contributed by atoms with Gasteiger partial charge >= 0.3 is 18.0 Å². The van der Waals surface area contributed by atoms with Gasteiger partial charge in [0.2, 0.25) is 6.08 Å². The number of hydrogen-bond acceptors (Lipinski definition) is 5. The van der Waals surface area contributed by atoms with E-state index in [-0.39, 0.29) is 25.9 Å². The molecule has 0 heterocycles. The number of carboxylic acids is 2. The van der Waals surface area contributed by atoms with Gasteiger partial charge in [0.25, 0.3) is 0 Å². The van der Waals surface area contributed by atoms with Gasteiger partial charge in [-0.15, -0.1) is 0 Å². The fourth-order valence-electron chi connectivity index (χ4n) is 1.07. The maximum absolute atomic E-state index is 11.1. The number of aliphatic imine (C=N–C) groups is 1. The highest BCUT2D eigenvalue weighted by atomic mass is 16.4. The molecule has 0 aliphatic heterocycles. The first-order valence-corrected chi connectivity index (χ1v) is 5.00. The van der Waals surface area contributed by atoms with Crippen LogP contribution in [0, 0.1) is 0 Å². The number of isocyanates is 1. The molecule has 4 N–H and O–H groups in total. The number of hydrogen-bond donors (Lipinski definition) is 4. The van der Waals surface area contributed by atoms with Gasteiger partial charge in [-0.1, -0.05) is 0 Å². The molecule has 0 bridgehead atoms. The predicted octanol–water partition coefficient (Wildman–Crippen LogP) is -0.713. The lowest BCUT2D eigenvalue weighted by molar-refractivity contribution is -0.140. The van der Waals surface area contributed by atoms with Crippen LogP contribution in [-0.2, 0) is 14.4 Å². The highest BCUT2D eigenvalue weighted by Gasteiger charge is 2.19. The van der Waals surface area contributed by atoms with Crippen LogP contribution in [-0.4, -0.2) is 47.0 Å². The van der Waals surface area contributed by atoms with Gasteiger partial charge in [0.1, 0.15) is 12.7 Å². The molecular weight excluding hydrogens is 246 g/mol. The highest BCUT2D eigenvalue weighted by Crippen LogP contribution is 2.01. The Hall–Kier alpha value is -2.41. The van der Waals surface area contributed by atoms with Crippen molar-refractivity contribution < 1.29 is 29.4 Å². The lowest BCUT2D eigenvalue weighted by Crippen LogP contribution is -2.46. The molecule has 0 aromatic rings. The molecule has 100 valence electrons. The average molecular weight is 259 g/mol. The first-order chi connectivity index (χ1) is 8.47. The number of nitrogens with zero attached hydrogens (tertiary/aromatic N) is 1. The topological polar surface area (TPSA) is 145 Å². The van der Waals surface area contributed by atoms with Crippen LogP contribution >= 0.6 is 0 Å². The highest BCUT2D eigenvalue weighted by molar-refractivity contribution is 5.82. The number of amides is 2. The summed E-state index contributed by atoms with van der Waals surface area (Å²) in [6.45, 7) is -0.309. The summed E-state index contributed by atoms with van der Waals surface area (Å²) in [5.74, 6) is -2.31. The molecule has 0 saturated carbocycles. The Morgan fingerprint density at radius 1 is 1.28 bits per heavy atom. The second-order valence-electron chi connectivity index (χ2n) is 3.23. The van der Waals surface area contributed by atoms with E-state index in [1.807, 2.05) is 0 Å². The van der Waals surface area contributed by atoms with Crippen molar-refractivity contribution in [3.63, 3.8) is 0 Å². The summed E-state index contributed by atoms with van der Waals surface area (Å²) in [4.78, 5) is 44.9. The molecule has 0 aliphatic rings. The summed E-state index contributed by atoms with van der Waals surface area (Å²) in [7, 11) is 0. The summed E-state index contributed by atoms with van der Waals surface area (Å²) in [6, 6.07) is -2.00. The van der Waals surface area contributed by atoms with Gasteiger partial charge in [0.05, 0.1) is 0 Å². The second-order valence-corrected chi connectivity index (χ2v) is 3.23. The Balaban J connectivity index is 4.10. The first-order valence-electron chi connectivity index (χ1n) is 5.00. The van der Waals surface area contributed by atoms with Crippen molar-refractivity contribution >= 4 is 24.0 Å². The van der Waals surface area contributed by atoms with E-state index in [0.29, 0.717) is 0 Å². The Kier molecular flexibility index (Phi) is 7.54. The van der Waals surface area contributed by atoms with E-state index >= 15 is 0 Å². The van der Waals surface area contributed by atoms with Crippen LogP contribution in [0.5, 0.6) is 0 Å². The number of carbonyl (C=O) groups is 3. The molecular formula is C9H13N3O6. The zero-order chi connectivity index (χ0) is 14.0. The number of rotatable bonds is 8. The fraction of sp³-hybridized carbons (Fsp3) is 0.556. The molecule has 9 nitrogen and oxygen atoms in total. The molecule has 18 heavy (non-hydrogen) atoms. The van der Waals surface area contributed by atoms with Crippen molar-refractivity contribution in [2.45, 2.75) is 25.3 Å². The van der Waals surface area contributed by atoms with Crippen LogP contribution in [0.3, 0.4) is 0 Å². The van der Waals surface area contributed by atoms with Gasteiger partial charge in [0.15, 0.2) is 0 Å². The zero-order valence-corrected chi connectivity index (χ0v) is 9.38. The number of aliphatic carboxylic acids is 2. The molecule has 2 amide bonds. The van der Waals surface area contributed by atoms with E-state index < -0.39 is 24.0 Å². The third-order valence-electron chi connectivity index (χ3n) is 1.87. The fourth-order valence-corrected chi connectivity index (χ4v) is 1.07. The summed E-state index contributed by atoms with van der Waals surface area (Å²) in [5, 5.41) is 21.4. The lowest BCUT2D eigenvalue weighted by Gasteiger charge is -2.13. The number of urea groups is 1. The Morgan fingerprint density at radius 3 is 2.44 bits per heavy atom. The molecule has 1 unspecified atom stereocenters. The van der Waals surface area contributed by atoms with E-state index in [1.54, 1.807) is 0 Å². The molecule has 9 heteroatoms. The van der Waals surface area contributed by atoms with Gasteiger partial charge in [0, 0.05) is 6.42 Å². The number of carbonyl (C=O) groups excluding carboxylic acids is 2. The van der Waals surface area contributed by atoms with E-state index in [2.05, 4.69) is 15.6 Å². The van der Waals surface area contributed by atoms with Crippen molar-refractivity contribution in [1.29, 1.82) is 0 Å². The third kappa shape index (κ3) is 7.83. The normalized spacial score (nSPS) is 10.9. The van der Waals surface area contributed by atoms with E-state index in [0.717, 1.165) is 0 Å². The Bertz CT molecular complexity index is 363. The van der Waals surface area contributed by atoms with Crippen LogP contribution in [0.15, 0.2) is 4.99 Å². The van der Waals surface area contributed by atoms with Crippen LogP contribution < -0.4 is 10.6 Å². The van der Waals surface area contributed by atoms with Gasteiger partial charge < -0.3 is 20.8 Å². The maximum Gasteiger partial charge on any atom is 0.326 e. The Labute approximate surface area is 102 Å². The molecule has 0 rings (SSSR count). The molecule has 1 atom stereocenters. The lowest BCUT2D eigenvalue weighted by atomic mass is 10.1. The van der Waals surface area contributed by atoms with Gasteiger partial charge in [-0.25, -0.2) is 14.4 Å². The summed E-state index contributed by atoms with van der Waals surface area (Å²) >= 11 is 0. The summed E-state index contributed by atoms with van der Waals surface area (Å²) < 4.78 is 0. The molecule has 0 aromatic carbocycles. The van der Waals surface area contributed by atoms with Crippen LogP contribution in [0.4, 0.5) is 4.79 Å². The van der Waals surface area contributed by atoms with E-state index in [9.17, 15) is 19.2 Å². The van der Waals surface area contributed by atoms with E-state index in [4.69, 9.17) is 10.2 Å². The summed E-state index contributed by atoms with van der Waals surface area (Å²) in [6.07, 6.45) is 1.13. The van der Waals surface area contributed by atoms with Crippen molar-refractivity contribution in [2.24, 2.45) is 4.99 Å². The zero-order valence-electron chi connectivity index (χ0n) is 9.38. The van der Waals surface area contributed by atoms with Gasteiger partial charge in [-0.3, -0.25) is 4.79 Å². The van der Waals surface area contributed by atoms with Crippen molar-refractivity contribution in [3.8, 4) is 0 Å². The monoisotopic (exact) mass is 259 g/mol. The largest absolute Gasteiger partial charge is 0.481 e. The second kappa shape index (κ2) is 8.71. The predicted molar refractivity (Wildman–Crippen MR) is 57.6 cm³/mol. The first kappa shape index (κ1) is 15.6. The van der Waals surface area contributed by atoms with E-state index in [1.165, 1.54) is 6.08 Å². The molecule has 0 spiro atoms. The van der Waals surface area contributed by atoms with Crippen LogP contribution in [0.1, 0.15) is 19.3 Å². The SMILES string of the molecule is O=C=NCNC(=O)NC(CCCC(=O)O)C(=O)O. The smallest absolute Gasteiger partial charge is 0.326 e. The average Bonchev–Trinajstić information content (AvgIpc) is 2.27. The maximum atomic E-state index is 11.1. The summed E-state index contributed by atoms with van der Waals surface area (Å²) in [5.41, 5.74) is 0. The molecule has 0 radical (unpaired) electrons. The Morgan fingerprint density at radius 2 is 1.94 bits per heavy atom.